The number of pyridine rings is 1. The van der Waals surface area contributed by atoms with Crippen LogP contribution in [0.15, 0.2) is 42.7 Å². The van der Waals surface area contributed by atoms with Crippen LogP contribution in [0.2, 0.25) is 0 Å². The smallest absolute Gasteiger partial charge is 0.315 e. The van der Waals surface area contributed by atoms with Crippen molar-refractivity contribution in [2.24, 2.45) is 0 Å². The van der Waals surface area contributed by atoms with Crippen LogP contribution in [0.5, 0.6) is 0 Å². The lowest BCUT2D eigenvalue weighted by Gasteiger charge is -2.09. The van der Waals surface area contributed by atoms with Gasteiger partial charge in [0.15, 0.2) is 0 Å². The number of benzene rings is 1. The van der Waals surface area contributed by atoms with E-state index in [2.05, 4.69) is 9.71 Å². The summed E-state index contributed by atoms with van der Waals surface area (Å²) >= 11 is 0. The van der Waals surface area contributed by atoms with Gasteiger partial charge in [-0.05, 0) is 55.7 Å². The fourth-order valence-electron chi connectivity index (χ4n) is 3.10. The van der Waals surface area contributed by atoms with E-state index in [1.54, 1.807) is 29.8 Å². The predicted molar refractivity (Wildman–Crippen MR) is 100 cm³/mol. The molecule has 1 amide bonds. The van der Waals surface area contributed by atoms with Crippen LogP contribution in [-0.4, -0.2) is 29.1 Å². The van der Waals surface area contributed by atoms with E-state index < -0.39 is 33.1 Å². The first-order valence-electron chi connectivity index (χ1n) is 8.77. The van der Waals surface area contributed by atoms with E-state index in [-0.39, 0.29) is 5.56 Å². The minimum Gasteiger partial charge on any atom is -0.315 e. The first kappa shape index (κ1) is 19.4. The fourth-order valence-corrected chi connectivity index (χ4v) is 4.40. The Morgan fingerprint density at radius 3 is 2.52 bits per heavy atom. The van der Waals surface area contributed by atoms with Crippen LogP contribution in [0.4, 0.5) is 13.2 Å². The third-order valence-electron chi connectivity index (χ3n) is 4.78. The van der Waals surface area contributed by atoms with Crippen molar-refractivity contribution in [3.05, 3.63) is 59.5 Å². The summed E-state index contributed by atoms with van der Waals surface area (Å²) in [6.07, 6.45) is -0.575. The van der Waals surface area contributed by atoms with Gasteiger partial charge in [-0.2, -0.15) is 13.2 Å². The molecule has 0 aliphatic heterocycles. The van der Waals surface area contributed by atoms with Crippen molar-refractivity contribution < 1.29 is 26.4 Å². The molecule has 0 atom stereocenters. The predicted octanol–water partition coefficient (Wildman–Crippen LogP) is 3.57. The lowest BCUT2D eigenvalue weighted by Crippen LogP contribution is -2.33. The summed E-state index contributed by atoms with van der Waals surface area (Å²) in [5, 5.41) is 0.173. The first-order chi connectivity index (χ1) is 13.6. The van der Waals surface area contributed by atoms with E-state index >= 15 is 0 Å². The lowest BCUT2D eigenvalue weighted by molar-refractivity contribution is -0.141. The summed E-state index contributed by atoms with van der Waals surface area (Å²) in [5.74, 6) is -0.706. The number of sulfonamides is 1. The number of aryl methyl sites for hydroxylation is 1. The summed E-state index contributed by atoms with van der Waals surface area (Å²) < 4.78 is 65.9. The van der Waals surface area contributed by atoms with E-state index in [4.69, 9.17) is 0 Å². The molecule has 1 N–H and O–H groups in total. The fraction of sp³-hybridized carbons (Fsp3) is 0.263. The maximum Gasteiger partial charge on any atom is 0.433 e. The zero-order valence-corrected chi connectivity index (χ0v) is 16.0. The summed E-state index contributed by atoms with van der Waals surface area (Å²) in [5.41, 5.74) is 1.08. The Labute approximate surface area is 164 Å². The Bertz CT molecular complexity index is 1210. The van der Waals surface area contributed by atoms with Gasteiger partial charge in [-0.3, -0.25) is 4.79 Å². The largest absolute Gasteiger partial charge is 0.433 e. The van der Waals surface area contributed by atoms with Crippen molar-refractivity contribution in [3.63, 3.8) is 0 Å². The van der Waals surface area contributed by atoms with Crippen molar-refractivity contribution in [2.45, 2.75) is 31.2 Å². The minimum absolute atomic E-state index is 0.188. The second-order valence-electron chi connectivity index (χ2n) is 6.99. The van der Waals surface area contributed by atoms with Gasteiger partial charge in [0.25, 0.3) is 5.91 Å². The molecule has 0 bridgehead atoms. The van der Waals surface area contributed by atoms with Crippen molar-refractivity contribution in [1.82, 2.24) is 14.3 Å². The van der Waals surface area contributed by atoms with Gasteiger partial charge < -0.3 is 4.57 Å². The number of hydrogen-bond acceptors (Lipinski definition) is 4. The summed E-state index contributed by atoms with van der Waals surface area (Å²) in [6.45, 7) is 1.79. The van der Waals surface area contributed by atoms with Crippen molar-refractivity contribution in [1.29, 1.82) is 0 Å². The highest BCUT2D eigenvalue weighted by Gasteiger charge is 2.37. The lowest BCUT2D eigenvalue weighted by atomic mass is 10.1. The number of alkyl halides is 3. The standard InChI is InChI=1S/C19H16F3N3O3S/c1-11-10-25(13-3-7-17(23-9-13)19(20,21)22)16-6-2-12(8-15(11)16)18(26)24-29(27,28)14-4-5-14/h2-3,6-10,14H,4-5H2,1H3,(H,24,26). The first-order valence-corrected chi connectivity index (χ1v) is 10.3. The maximum absolute atomic E-state index is 12.7. The summed E-state index contributed by atoms with van der Waals surface area (Å²) in [6, 6.07) is 6.89. The van der Waals surface area contributed by atoms with Gasteiger partial charge in [-0.15, -0.1) is 0 Å². The van der Waals surface area contributed by atoms with Crippen LogP contribution in [0.25, 0.3) is 16.6 Å². The monoisotopic (exact) mass is 423 g/mol. The summed E-state index contributed by atoms with van der Waals surface area (Å²) in [4.78, 5) is 15.8. The van der Waals surface area contributed by atoms with Crippen molar-refractivity contribution in [2.75, 3.05) is 0 Å². The molecule has 6 nitrogen and oxygen atoms in total. The van der Waals surface area contributed by atoms with Gasteiger partial charge in [-0.25, -0.2) is 18.1 Å². The molecule has 0 unspecified atom stereocenters. The molecule has 1 saturated carbocycles. The molecule has 1 aliphatic carbocycles. The topological polar surface area (TPSA) is 81.1 Å². The van der Waals surface area contributed by atoms with Gasteiger partial charge in [-0.1, -0.05) is 0 Å². The Kier molecular flexibility index (Phi) is 4.41. The second-order valence-corrected chi connectivity index (χ2v) is 8.95. The van der Waals surface area contributed by atoms with Crippen LogP contribution >= 0.6 is 0 Å². The minimum atomic E-state index is -4.52. The molecule has 1 fully saturated rings. The molecule has 10 heteroatoms. The van der Waals surface area contributed by atoms with Crippen LogP contribution in [0.1, 0.15) is 34.5 Å². The number of hydrogen-bond donors (Lipinski definition) is 1. The molecule has 1 aromatic carbocycles. The van der Waals surface area contributed by atoms with Gasteiger partial charge in [0.1, 0.15) is 5.69 Å². The average molecular weight is 423 g/mol. The Morgan fingerprint density at radius 2 is 1.93 bits per heavy atom. The molecule has 3 aromatic rings. The number of rotatable bonds is 4. The van der Waals surface area contributed by atoms with Crippen molar-refractivity contribution >= 4 is 26.8 Å². The highest BCUT2D eigenvalue weighted by molar-refractivity contribution is 7.91. The molecule has 1 aliphatic rings. The molecular formula is C19H16F3N3O3S. The molecule has 0 radical (unpaired) electrons. The highest BCUT2D eigenvalue weighted by atomic mass is 32.2. The third-order valence-corrected chi connectivity index (χ3v) is 6.60. The summed E-state index contributed by atoms with van der Waals surface area (Å²) in [7, 11) is -3.66. The van der Waals surface area contributed by atoms with Gasteiger partial charge in [0.05, 0.1) is 22.7 Å². The SMILES string of the molecule is Cc1cn(-c2ccc(C(F)(F)F)nc2)c2ccc(C(=O)NS(=O)(=O)C3CC3)cc12. The second kappa shape index (κ2) is 6.58. The number of fused-ring (bicyclic) bond motifs is 1. The highest BCUT2D eigenvalue weighted by Crippen LogP contribution is 2.30. The maximum atomic E-state index is 12.7. The number of nitrogens with one attached hydrogen (secondary N) is 1. The molecule has 29 heavy (non-hydrogen) atoms. The number of carbonyl (C=O) groups excluding carboxylic acids is 1. The number of amides is 1. The zero-order valence-electron chi connectivity index (χ0n) is 15.2. The molecule has 2 aromatic heterocycles. The normalized spacial score (nSPS) is 14.9. The number of aromatic nitrogens is 2. The van der Waals surface area contributed by atoms with E-state index in [0.29, 0.717) is 29.4 Å². The van der Waals surface area contributed by atoms with Crippen LogP contribution in [-0.2, 0) is 16.2 Å². The van der Waals surface area contributed by atoms with Crippen LogP contribution < -0.4 is 4.72 Å². The molecular weight excluding hydrogens is 407 g/mol. The van der Waals surface area contributed by atoms with Crippen LogP contribution in [0, 0.1) is 6.92 Å². The van der Waals surface area contributed by atoms with E-state index in [1.807, 2.05) is 0 Å². The molecule has 2 heterocycles. The average Bonchev–Trinajstić information content (AvgIpc) is 3.46. The Hall–Kier alpha value is -2.88. The van der Waals surface area contributed by atoms with E-state index in [9.17, 15) is 26.4 Å². The molecule has 0 spiro atoms. The van der Waals surface area contributed by atoms with Crippen molar-refractivity contribution in [3.8, 4) is 5.69 Å². The zero-order chi connectivity index (χ0) is 21.0. The quantitative estimate of drug-likeness (QED) is 0.696. The number of carbonyl (C=O) groups is 1. The van der Waals surface area contributed by atoms with Crippen LogP contribution in [0.3, 0.4) is 0 Å². The van der Waals surface area contributed by atoms with Gasteiger partial charge in [0.2, 0.25) is 10.0 Å². The van der Waals surface area contributed by atoms with Gasteiger partial charge >= 0.3 is 6.18 Å². The number of halogens is 3. The Morgan fingerprint density at radius 1 is 1.21 bits per heavy atom. The number of nitrogens with zero attached hydrogens (tertiary/aromatic N) is 2. The molecule has 0 saturated heterocycles. The Balaban J connectivity index is 1.67. The van der Waals surface area contributed by atoms with E-state index in [0.717, 1.165) is 17.8 Å². The molecule has 152 valence electrons. The van der Waals surface area contributed by atoms with Gasteiger partial charge in [0, 0.05) is 17.1 Å². The third kappa shape index (κ3) is 3.71. The van der Waals surface area contributed by atoms with E-state index in [1.165, 1.54) is 12.1 Å². The molecule has 4 rings (SSSR count).